The van der Waals surface area contributed by atoms with Gasteiger partial charge < -0.3 is 10.4 Å². The molecule has 1 aromatic carbocycles. The summed E-state index contributed by atoms with van der Waals surface area (Å²) < 4.78 is 30.9. The van der Waals surface area contributed by atoms with Crippen molar-refractivity contribution in [2.75, 3.05) is 11.9 Å². The van der Waals surface area contributed by atoms with Crippen LogP contribution in [0.4, 0.5) is 14.6 Å². The number of pyridine rings is 2. The van der Waals surface area contributed by atoms with Crippen molar-refractivity contribution in [1.82, 2.24) is 19.3 Å². The average Bonchev–Trinajstić information content (AvgIpc) is 3.23. The van der Waals surface area contributed by atoms with Gasteiger partial charge in [0.2, 0.25) is 0 Å². The third-order valence-corrected chi connectivity index (χ3v) is 6.35. The largest absolute Gasteiger partial charge is 0.394 e. The Hall–Kier alpha value is -4.10. The Kier molecular flexibility index (Phi) is 5.34. The lowest BCUT2D eigenvalue weighted by Gasteiger charge is -2.41. The fourth-order valence-electron chi connectivity index (χ4n) is 4.22. The number of halogens is 2. The Morgan fingerprint density at radius 1 is 1.21 bits per heavy atom. The molecule has 1 fully saturated rings. The summed E-state index contributed by atoms with van der Waals surface area (Å²) in [5.74, 6) is -0.945. The minimum Gasteiger partial charge on any atom is -0.394 e. The standard InChI is InChI=1S/C24H20F2N6O2/c25-18-3-1-4-19(26)17(18)13-32-20-5-8-31(23(34)16(20)12-29-32)21-9-22(28-11-15(21)10-27)30-24(14-33)6-2-7-24/h1,3-5,8-9,11-12,33H,2,6-7,13-14H2,(H,28,30). The average molecular weight is 462 g/mol. The number of aliphatic hydroxyl groups excluding tert-OH is 1. The number of aromatic nitrogens is 4. The van der Waals surface area contributed by atoms with Gasteiger partial charge in [0.1, 0.15) is 23.5 Å². The van der Waals surface area contributed by atoms with Crippen LogP contribution in [0.3, 0.4) is 0 Å². The van der Waals surface area contributed by atoms with Crippen molar-refractivity contribution in [3.8, 4) is 11.8 Å². The Labute approximate surface area is 192 Å². The van der Waals surface area contributed by atoms with Crippen molar-refractivity contribution in [3.05, 3.63) is 82.0 Å². The molecule has 1 aliphatic rings. The summed E-state index contributed by atoms with van der Waals surface area (Å²) in [5, 5.41) is 26.9. The van der Waals surface area contributed by atoms with Crippen LogP contribution in [0.1, 0.15) is 30.4 Å². The minimum atomic E-state index is -0.695. The molecule has 0 bridgehead atoms. The maximum absolute atomic E-state index is 14.1. The highest BCUT2D eigenvalue weighted by atomic mass is 19.1. The first-order valence-electron chi connectivity index (χ1n) is 10.7. The molecule has 34 heavy (non-hydrogen) atoms. The molecule has 3 heterocycles. The molecule has 3 aromatic heterocycles. The number of anilines is 1. The van der Waals surface area contributed by atoms with Crippen LogP contribution >= 0.6 is 0 Å². The van der Waals surface area contributed by atoms with Gasteiger partial charge in [-0.1, -0.05) is 6.07 Å². The van der Waals surface area contributed by atoms with Crippen LogP contribution in [0.25, 0.3) is 16.6 Å². The number of aliphatic hydroxyl groups is 1. The molecule has 0 saturated heterocycles. The highest BCUT2D eigenvalue weighted by Crippen LogP contribution is 2.34. The first-order chi connectivity index (χ1) is 16.4. The van der Waals surface area contributed by atoms with Crippen LogP contribution < -0.4 is 10.9 Å². The third-order valence-electron chi connectivity index (χ3n) is 6.35. The van der Waals surface area contributed by atoms with E-state index in [-0.39, 0.29) is 29.7 Å². The zero-order valence-corrected chi connectivity index (χ0v) is 18.0. The van der Waals surface area contributed by atoms with E-state index in [0.717, 1.165) is 19.3 Å². The zero-order chi connectivity index (χ0) is 23.9. The lowest BCUT2D eigenvalue weighted by molar-refractivity contribution is 0.144. The summed E-state index contributed by atoms with van der Waals surface area (Å²) in [7, 11) is 0. The third kappa shape index (κ3) is 3.60. The van der Waals surface area contributed by atoms with E-state index < -0.39 is 22.7 Å². The number of nitrogens with one attached hydrogen (secondary N) is 1. The summed E-state index contributed by atoms with van der Waals surface area (Å²) in [4.78, 5) is 17.6. The fourth-order valence-corrected chi connectivity index (χ4v) is 4.22. The molecule has 0 aliphatic heterocycles. The maximum atomic E-state index is 14.1. The number of rotatable bonds is 6. The lowest BCUT2D eigenvalue weighted by Crippen LogP contribution is -2.48. The number of benzene rings is 1. The molecule has 5 rings (SSSR count). The van der Waals surface area contributed by atoms with Gasteiger partial charge in [-0.3, -0.25) is 14.0 Å². The van der Waals surface area contributed by atoms with Crippen molar-refractivity contribution >= 4 is 16.7 Å². The molecule has 0 amide bonds. The van der Waals surface area contributed by atoms with Crippen LogP contribution in [0.15, 0.2) is 53.7 Å². The number of nitriles is 1. The van der Waals surface area contributed by atoms with Gasteiger partial charge in [0.05, 0.1) is 47.0 Å². The highest BCUT2D eigenvalue weighted by Gasteiger charge is 2.36. The number of hydrogen-bond donors (Lipinski definition) is 2. The molecule has 4 aromatic rings. The fraction of sp³-hybridized carbons (Fsp3) is 0.250. The SMILES string of the molecule is N#Cc1cnc(NC2(CO)CCC2)cc1-n1ccc2c(cnn2Cc2c(F)cccc2F)c1=O. The van der Waals surface area contributed by atoms with E-state index in [2.05, 4.69) is 15.4 Å². The highest BCUT2D eigenvalue weighted by molar-refractivity contribution is 5.78. The van der Waals surface area contributed by atoms with Gasteiger partial charge in [0.15, 0.2) is 0 Å². The monoisotopic (exact) mass is 462 g/mol. The topological polar surface area (TPSA) is 109 Å². The minimum absolute atomic E-state index is 0.0439. The zero-order valence-electron chi connectivity index (χ0n) is 18.0. The van der Waals surface area contributed by atoms with Crippen molar-refractivity contribution in [1.29, 1.82) is 5.26 Å². The summed E-state index contributed by atoms with van der Waals surface area (Å²) in [6.45, 7) is -0.223. The molecule has 1 saturated carbocycles. The van der Waals surface area contributed by atoms with Crippen LogP contribution in [-0.2, 0) is 6.54 Å². The van der Waals surface area contributed by atoms with Crippen molar-refractivity contribution in [2.45, 2.75) is 31.3 Å². The predicted octanol–water partition coefficient (Wildman–Crippen LogP) is 3.11. The molecule has 8 nitrogen and oxygen atoms in total. The van der Waals surface area contributed by atoms with Gasteiger partial charge in [0.25, 0.3) is 5.56 Å². The second kappa shape index (κ2) is 8.35. The second-order valence-corrected chi connectivity index (χ2v) is 8.41. The summed E-state index contributed by atoms with van der Waals surface area (Å²) in [6.07, 6.45) is 6.80. The second-order valence-electron chi connectivity index (χ2n) is 8.41. The van der Waals surface area contributed by atoms with E-state index in [0.29, 0.717) is 17.0 Å². The van der Waals surface area contributed by atoms with Crippen LogP contribution in [0, 0.1) is 23.0 Å². The van der Waals surface area contributed by atoms with Gasteiger partial charge in [0, 0.05) is 24.0 Å². The maximum Gasteiger partial charge on any atom is 0.266 e. The van der Waals surface area contributed by atoms with Gasteiger partial charge in [-0.25, -0.2) is 13.8 Å². The molecule has 0 atom stereocenters. The van der Waals surface area contributed by atoms with Gasteiger partial charge in [-0.2, -0.15) is 10.4 Å². The van der Waals surface area contributed by atoms with E-state index in [1.54, 1.807) is 12.1 Å². The molecular weight excluding hydrogens is 442 g/mol. The Morgan fingerprint density at radius 2 is 1.97 bits per heavy atom. The number of nitrogens with zero attached hydrogens (tertiary/aromatic N) is 5. The van der Waals surface area contributed by atoms with E-state index >= 15 is 0 Å². The first kappa shape index (κ1) is 21.7. The van der Waals surface area contributed by atoms with Crippen LogP contribution in [0.5, 0.6) is 0 Å². The van der Waals surface area contributed by atoms with Crippen LogP contribution in [-0.4, -0.2) is 36.6 Å². The van der Waals surface area contributed by atoms with Crippen molar-refractivity contribution in [3.63, 3.8) is 0 Å². The van der Waals surface area contributed by atoms with E-state index in [1.807, 2.05) is 6.07 Å². The Bertz CT molecular complexity index is 1470. The van der Waals surface area contributed by atoms with Crippen molar-refractivity contribution < 1.29 is 13.9 Å². The summed E-state index contributed by atoms with van der Waals surface area (Å²) in [5.41, 5.74) is -0.111. The predicted molar refractivity (Wildman–Crippen MR) is 121 cm³/mol. The van der Waals surface area contributed by atoms with Gasteiger partial charge >= 0.3 is 0 Å². The molecule has 0 radical (unpaired) electrons. The number of hydrogen-bond acceptors (Lipinski definition) is 6. The van der Waals surface area contributed by atoms with E-state index in [4.69, 9.17) is 0 Å². The Morgan fingerprint density at radius 3 is 2.62 bits per heavy atom. The quantitative estimate of drug-likeness (QED) is 0.456. The molecule has 2 N–H and O–H groups in total. The summed E-state index contributed by atoms with van der Waals surface area (Å²) in [6, 6.07) is 8.87. The van der Waals surface area contributed by atoms with Crippen molar-refractivity contribution in [2.24, 2.45) is 0 Å². The summed E-state index contributed by atoms with van der Waals surface area (Å²) >= 11 is 0. The molecule has 0 unspecified atom stereocenters. The van der Waals surface area contributed by atoms with Gasteiger partial charge in [-0.05, 0) is 37.5 Å². The van der Waals surface area contributed by atoms with Crippen LogP contribution in [0.2, 0.25) is 0 Å². The normalized spacial score (nSPS) is 14.5. The molecule has 172 valence electrons. The molecule has 1 aliphatic carbocycles. The van der Waals surface area contributed by atoms with E-state index in [1.165, 1.54) is 46.0 Å². The molecule has 10 heteroatoms. The molecule has 0 spiro atoms. The smallest absolute Gasteiger partial charge is 0.266 e. The Balaban J connectivity index is 1.55. The number of fused-ring (bicyclic) bond motifs is 1. The lowest BCUT2D eigenvalue weighted by atomic mass is 9.77. The van der Waals surface area contributed by atoms with Gasteiger partial charge in [-0.15, -0.1) is 0 Å². The molecular formula is C24H20F2N6O2. The van der Waals surface area contributed by atoms with E-state index in [9.17, 15) is 23.9 Å². The first-order valence-corrected chi connectivity index (χ1v) is 10.7.